The molecule has 29 heavy (non-hydrogen) atoms. The number of hydrogen-bond acceptors (Lipinski definition) is 7. The minimum absolute atomic E-state index is 0.0352. The van der Waals surface area contributed by atoms with Gasteiger partial charge in [-0.2, -0.15) is 5.10 Å². The zero-order chi connectivity index (χ0) is 20.5. The molecule has 1 aliphatic heterocycles. The van der Waals surface area contributed by atoms with Crippen molar-refractivity contribution in [3.8, 4) is 5.75 Å². The Kier molecular flexibility index (Phi) is 5.06. The largest absolute Gasteiger partial charge is 0.495 e. The minimum atomic E-state index is -0.0352. The average Bonchev–Trinajstić information content (AvgIpc) is 3.03. The molecular formula is C19H22ClN7O2. The van der Waals surface area contributed by atoms with Crippen molar-refractivity contribution in [3.63, 3.8) is 0 Å². The number of amides is 1. The van der Waals surface area contributed by atoms with E-state index < -0.39 is 0 Å². The normalized spacial score (nSPS) is 14.4. The minimum Gasteiger partial charge on any atom is -0.495 e. The number of anilines is 3. The monoisotopic (exact) mass is 415 g/mol. The number of nitrogen functional groups attached to an aromatic ring is 2. The number of methoxy groups -OCH3 is 1. The van der Waals surface area contributed by atoms with Gasteiger partial charge < -0.3 is 26.0 Å². The molecule has 0 bridgehead atoms. The summed E-state index contributed by atoms with van der Waals surface area (Å²) in [6, 6.07) is 9.11. The molecule has 1 aromatic carbocycles. The predicted octanol–water partition coefficient (Wildman–Crippen LogP) is 1.61. The lowest BCUT2D eigenvalue weighted by molar-refractivity contribution is -0.132. The molecule has 0 atom stereocenters. The Morgan fingerprint density at radius 3 is 2.66 bits per heavy atom. The van der Waals surface area contributed by atoms with Crippen molar-refractivity contribution >= 4 is 45.9 Å². The van der Waals surface area contributed by atoms with Gasteiger partial charge in [0.25, 0.3) is 0 Å². The van der Waals surface area contributed by atoms with Crippen LogP contribution in [0.2, 0.25) is 5.02 Å². The van der Waals surface area contributed by atoms with E-state index in [9.17, 15) is 4.79 Å². The molecule has 152 valence electrons. The number of piperazine rings is 1. The van der Waals surface area contributed by atoms with Crippen LogP contribution in [0.5, 0.6) is 5.75 Å². The highest BCUT2D eigenvalue weighted by molar-refractivity contribution is 6.32. The number of pyridine rings is 1. The first-order valence-corrected chi connectivity index (χ1v) is 9.59. The number of fused-ring (bicyclic) bond motifs is 1. The van der Waals surface area contributed by atoms with Crippen LogP contribution < -0.4 is 21.1 Å². The molecule has 4 N–H and O–H groups in total. The zero-order valence-corrected chi connectivity index (χ0v) is 16.8. The second-order valence-corrected chi connectivity index (χ2v) is 7.24. The van der Waals surface area contributed by atoms with E-state index >= 15 is 0 Å². The van der Waals surface area contributed by atoms with Gasteiger partial charge in [0, 0.05) is 37.9 Å². The second kappa shape index (κ2) is 7.67. The number of ether oxygens (including phenoxy) is 1. The van der Waals surface area contributed by atoms with E-state index in [-0.39, 0.29) is 12.5 Å². The van der Waals surface area contributed by atoms with Crippen molar-refractivity contribution in [2.24, 2.45) is 0 Å². The summed E-state index contributed by atoms with van der Waals surface area (Å²) >= 11 is 6.10. The molecule has 1 saturated heterocycles. The average molecular weight is 416 g/mol. The molecule has 1 amide bonds. The Labute approximate surface area is 172 Å². The first-order valence-electron chi connectivity index (χ1n) is 9.21. The van der Waals surface area contributed by atoms with E-state index in [4.69, 9.17) is 27.8 Å². The fraction of sp³-hybridized carbons (Fsp3) is 0.316. The fourth-order valence-electron chi connectivity index (χ4n) is 3.49. The van der Waals surface area contributed by atoms with Crippen LogP contribution in [0.25, 0.3) is 11.0 Å². The molecule has 3 aromatic rings. The summed E-state index contributed by atoms with van der Waals surface area (Å²) in [4.78, 5) is 21.1. The van der Waals surface area contributed by atoms with E-state index in [1.54, 1.807) is 19.2 Å². The molecule has 0 aliphatic carbocycles. The molecule has 10 heteroatoms. The van der Waals surface area contributed by atoms with Crippen molar-refractivity contribution in [3.05, 3.63) is 35.4 Å². The summed E-state index contributed by atoms with van der Waals surface area (Å²) in [5, 5.41) is 5.51. The first-order chi connectivity index (χ1) is 14.0. The Hall–Kier alpha value is -3.20. The van der Waals surface area contributed by atoms with Gasteiger partial charge in [-0.15, -0.1) is 0 Å². The van der Waals surface area contributed by atoms with Crippen molar-refractivity contribution in [1.82, 2.24) is 19.7 Å². The van der Waals surface area contributed by atoms with E-state index in [1.807, 2.05) is 23.1 Å². The second-order valence-electron chi connectivity index (χ2n) is 6.84. The SMILES string of the molecule is COc1cc(N2CCN(C(=O)Cn3nc(N)c4ccc(N)nc43)CC2)ccc1Cl. The zero-order valence-electron chi connectivity index (χ0n) is 16.0. The summed E-state index contributed by atoms with van der Waals surface area (Å²) in [5.41, 5.74) is 13.2. The summed E-state index contributed by atoms with van der Waals surface area (Å²) in [6.07, 6.45) is 0. The molecule has 0 unspecified atom stereocenters. The number of carbonyl (C=O) groups is 1. The summed E-state index contributed by atoms with van der Waals surface area (Å²) in [7, 11) is 1.59. The molecule has 0 radical (unpaired) electrons. The van der Waals surface area contributed by atoms with E-state index in [0.717, 1.165) is 5.69 Å². The van der Waals surface area contributed by atoms with Gasteiger partial charge in [0.1, 0.15) is 18.1 Å². The lowest BCUT2D eigenvalue weighted by atomic mass is 10.2. The number of carbonyl (C=O) groups excluding carboxylic acids is 1. The Bertz CT molecular complexity index is 1060. The molecule has 1 aliphatic rings. The molecule has 9 nitrogen and oxygen atoms in total. The molecule has 0 spiro atoms. The highest BCUT2D eigenvalue weighted by atomic mass is 35.5. The van der Waals surface area contributed by atoms with E-state index in [0.29, 0.717) is 59.6 Å². The molecule has 1 fully saturated rings. The Morgan fingerprint density at radius 1 is 1.17 bits per heavy atom. The summed E-state index contributed by atoms with van der Waals surface area (Å²) in [6.45, 7) is 2.70. The van der Waals surface area contributed by atoms with Crippen LogP contribution in [0.4, 0.5) is 17.3 Å². The highest BCUT2D eigenvalue weighted by Crippen LogP contribution is 2.30. The number of nitrogens with zero attached hydrogens (tertiary/aromatic N) is 5. The summed E-state index contributed by atoms with van der Waals surface area (Å²) < 4.78 is 6.80. The van der Waals surface area contributed by atoms with Gasteiger partial charge in [-0.25, -0.2) is 9.67 Å². The van der Waals surface area contributed by atoms with Crippen molar-refractivity contribution in [1.29, 1.82) is 0 Å². The third kappa shape index (κ3) is 3.73. The molecular weight excluding hydrogens is 394 g/mol. The third-order valence-corrected chi connectivity index (χ3v) is 5.38. The first kappa shape index (κ1) is 19.1. The fourth-order valence-corrected chi connectivity index (χ4v) is 3.68. The smallest absolute Gasteiger partial charge is 0.244 e. The maximum Gasteiger partial charge on any atom is 0.244 e. The van der Waals surface area contributed by atoms with Gasteiger partial charge in [0.2, 0.25) is 5.91 Å². The quantitative estimate of drug-likeness (QED) is 0.664. The number of rotatable bonds is 4. The molecule has 4 rings (SSSR count). The number of halogens is 1. The van der Waals surface area contributed by atoms with Gasteiger partial charge in [-0.1, -0.05) is 11.6 Å². The molecule has 0 saturated carbocycles. The molecule has 2 aromatic heterocycles. The van der Waals surface area contributed by atoms with Crippen LogP contribution in [0.1, 0.15) is 0 Å². The van der Waals surface area contributed by atoms with Gasteiger partial charge in [0.05, 0.1) is 17.5 Å². The van der Waals surface area contributed by atoms with Crippen molar-refractivity contribution < 1.29 is 9.53 Å². The van der Waals surface area contributed by atoms with Crippen LogP contribution >= 0.6 is 11.6 Å². The molecule has 3 heterocycles. The lowest BCUT2D eigenvalue weighted by Crippen LogP contribution is -2.49. The maximum atomic E-state index is 12.8. The number of hydrogen-bond donors (Lipinski definition) is 2. The Morgan fingerprint density at radius 2 is 1.93 bits per heavy atom. The van der Waals surface area contributed by atoms with Crippen molar-refractivity contribution in [2.45, 2.75) is 6.54 Å². The van der Waals surface area contributed by atoms with Crippen LogP contribution in [0.15, 0.2) is 30.3 Å². The van der Waals surface area contributed by atoms with Crippen LogP contribution in [-0.4, -0.2) is 58.9 Å². The van der Waals surface area contributed by atoms with Gasteiger partial charge in [0.15, 0.2) is 11.5 Å². The number of benzene rings is 1. The van der Waals surface area contributed by atoms with Gasteiger partial charge >= 0.3 is 0 Å². The third-order valence-electron chi connectivity index (χ3n) is 5.06. The van der Waals surface area contributed by atoms with Crippen LogP contribution in [0.3, 0.4) is 0 Å². The number of nitrogens with two attached hydrogens (primary N) is 2. The lowest BCUT2D eigenvalue weighted by Gasteiger charge is -2.36. The Balaban J connectivity index is 1.43. The van der Waals surface area contributed by atoms with E-state index in [1.165, 1.54) is 4.68 Å². The van der Waals surface area contributed by atoms with Crippen molar-refractivity contribution in [2.75, 3.05) is 49.7 Å². The van der Waals surface area contributed by atoms with Crippen LogP contribution in [0, 0.1) is 0 Å². The van der Waals surface area contributed by atoms with E-state index in [2.05, 4.69) is 15.0 Å². The van der Waals surface area contributed by atoms with Crippen LogP contribution in [-0.2, 0) is 11.3 Å². The van der Waals surface area contributed by atoms with Gasteiger partial charge in [-0.3, -0.25) is 4.79 Å². The number of aromatic nitrogens is 3. The topological polar surface area (TPSA) is 116 Å². The summed E-state index contributed by atoms with van der Waals surface area (Å²) in [5.74, 6) is 1.30. The standard InChI is InChI=1S/C19H22ClN7O2/c1-29-15-10-12(2-4-14(15)20)25-6-8-26(9-7-25)17(28)11-27-19-13(18(22)24-27)3-5-16(21)23-19/h2-5,10H,6-9,11H2,1H3,(H2,21,23)(H2,22,24). The highest BCUT2D eigenvalue weighted by Gasteiger charge is 2.23. The predicted molar refractivity (Wildman–Crippen MR) is 113 cm³/mol. The van der Waals surface area contributed by atoms with Gasteiger partial charge in [-0.05, 0) is 24.3 Å². The maximum absolute atomic E-state index is 12.8.